The van der Waals surface area contributed by atoms with Gasteiger partial charge in [-0.1, -0.05) is 11.8 Å². The maximum Gasteiger partial charge on any atom is 0.168 e. The molecule has 0 amide bonds. The van der Waals surface area contributed by atoms with Gasteiger partial charge in [0.15, 0.2) is 5.16 Å². The Morgan fingerprint density at radius 1 is 1.08 bits per heavy atom. The lowest BCUT2D eigenvalue weighted by molar-refractivity contribution is 0.189. The summed E-state index contributed by atoms with van der Waals surface area (Å²) in [5, 5.41) is 0.933. The molecule has 0 unspecified atom stereocenters. The molecule has 4 nitrogen and oxygen atoms in total. The molecule has 2 aromatic heterocycles. The lowest BCUT2D eigenvalue weighted by atomic mass is 10.1. The second kappa shape index (κ2) is 8.27. The van der Waals surface area contributed by atoms with Gasteiger partial charge in [0.2, 0.25) is 0 Å². The minimum Gasteiger partial charge on any atom is -0.385 e. The fourth-order valence-corrected chi connectivity index (χ4v) is 3.36. The highest BCUT2D eigenvalue weighted by atomic mass is 32.2. The zero-order valence-corrected chi connectivity index (χ0v) is 15.1. The van der Waals surface area contributed by atoms with Crippen molar-refractivity contribution in [3.8, 4) is 22.5 Å². The fraction of sp³-hybridized carbons (Fsp3) is 0.263. The van der Waals surface area contributed by atoms with Crippen molar-refractivity contribution in [1.82, 2.24) is 14.5 Å². The van der Waals surface area contributed by atoms with Crippen LogP contribution in [-0.4, -0.2) is 34.5 Å². The first kappa shape index (κ1) is 17.6. The maximum absolute atomic E-state index is 13.3. The van der Waals surface area contributed by atoms with E-state index in [4.69, 9.17) is 9.72 Å². The zero-order chi connectivity index (χ0) is 17.6. The molecule has 3 rings (SSSR count). The molecule has 0 radical (unpaired) electrons. The number of hydrogen-bond donors (Lipinski definition) is 0. The number of nitrogens with zero attached hydrogens (tertiary/aromatic N) is 3. The summed E-state index contributed by atoms with van der Waals surface area (Å²) in [5.74, 6) is -0.251. The van der Waals surface area contributed by atoms with E-state index in [1.807, 2.05) is 18.4 Å². The summed E-state index contributed by atoms with van der Waals surface area (Å²) in [6.45, 7) is 1.49. The van der Waals surface area contributed by atoms with E-state index < -0.39 is 0 Å². The van der Waals surface area contributed by atoms with Crippen molar-refractivity contribution in [2.45, 2.75) is 18.1 Å². The number of pyridine rings is 1. The normalized spacial score (nSPS) is 11.0. The third kappa shape index (κ3) is 3.91. The summed E-state index contributed by atoms with van der Waals surface area (Å²) in [6, 6.07) is 10.4. The van der Waals surface area contributed by atoms with Gasteiger partial charge in [0, 0.05) is 43.8 Å². The van der Waals surface area contributed by atoms with Gasteiger partial charge in [-0.3, -0.25) is 4.98 Å². The molecule has 6 heteroatoms. The van der Waals surface area contributed by atoms with Crippen molar-refractivity contribution in [3.05, 3.63) is 54.6 Å². The number of methoxy groups -OCH3 is 1. The van der Waals surface area contributed by atoms with Crippen LogP contribution in [0.25, 0.3) is 22.5 Å². The lowest BCUT2D eigenvalue weighted by Crippen LogP contribution is -2.05. The highest BCUT2D eigenvalue weighted by Gasteiger charge is 2.19. The van der Waals surface area contributed by atoms with Crippen molar-refractivity contribution < 1.29 is 9.13 Å². The summed E-state index contributed by atoms with van der Waals surface area (Å²) in [6.07, 6.45) is 6.45. The highest BCUT2D eigenvalue weighted by molar-refractivity contribution is 7.98. The summed E-state index contributed by atoms with van der Waals surface area (Å²) < 4.78 is 20.7. The zero-order valence-electron chi connectivity index (χ0n) is 14.3. The van der Waals surface area contributed by atoms with E-state index in [-0.39, 0.29) is 5.82 Å². The highest BCUT2D eigenvalue weighted by Crippen LogP contribution is 2.35. The molecular weight excluding hydrogens is 337 g/mol. The Hall–Kier alpha value is -2.18. The Kier molecular flexibility index (Phi) is 5.83. The van der Waals surface area contributed by atoms with Gasteiger partial charge in [-0.05, 0) is 49.1 Å². The number of rotatable bonds is 7. The second-order valence-corrected chi connectivity index (χ2v) is 6.31. The number of thioether (sulfide) groups is 1. The Morgan fingerprint density at radius 2 is 1.80 bits per heavy atom. The lowest BCUT2D eigenvalue weighted by Gasteiger charge is -2.12. The number of aromatic nitrogens is 3. The molecule has 0 saturated heterocycles. The topological polar surface area (TPSA) is 39.9 Å². The number of benzene rings is 1. The smallest absolute Gasteiger partial charge is 0.168 e. The molecule has 0 aliphatic carbocycles. The first-order valence-corrected chi connectivity index (χ1v) is 9.27. The standard InChI is InChI=1S/C19H20FN3OS/c1-24-13-3-12-23-18(15-8-10-21-11-9-15)17(22-19(23)25-2)14-4-6-16(20)7-5-14/h4-11H,3,12-13H2,1-2H3. The van der Waals surface area contributed by atoms with Gasteiger partial charge in [0.25, 0.3) is 0 Å². The van der Waals surface area contributed by atoms with Gasteiger partial charge < -0.3 is 9.30 Å². The van der Waals surface area contributed by atoms with Crippen LogP contribution in [0.3, 0.4) is 0 Å². The molecule has 0 aliphatic rings. The molecule has 3 aromatic rings. The molecule has 25 heavy (non-hydrogen) atoms. The van der Waals surface area contributed by atoms with E-state index in [1.165, 1.54) is 12.1 Å². The molecule has 1 aromatic carbocycles. The van der Waals surface area contributed by atoms with E-state index in [9.17, 15) is 4.39 Å². The second-order valence-electron chi connectivity index (χ2n) is 5.54. The predicted molar refractivity (Wildman–Crippen MR) is 99.1 cm³/mol. The van der Waals surface area contributed by atoms with Gasteiger partial charge in [-0.15, -0.1) is 0 Å². The van der Waals surface area contributed by atoms with Crippen LogP contribution in [0.4, 0.5) is 4.39 Å². The fourth-order valence-electron chi connectivity index (χ4n) is 2.77. The van der Waals surface area contributed by atoms with E-state index in [0.29, 0.717) is 6.61 Å². The van der Waals surface area contributed by atoms with E-state index >= 15 is 0 Å². The van der Waals surface area contributed by atoms with Crippen molar-refractivity contribution in [3.63, 3.8) is 0 Å². The summed E-state index contributed by atoms with van der Waals surface area (Å²) in [4.78, 5) is 8.94. The average molecular weight is 357 g/mol. The molecule has 130 valence electrons. The number of ether oxygens (including phenoxy) is 1. The molecule has 0 aliphatic heterocycles. The molecule has 0 saturated carbocycles. The molecule has 0 fully saturated rings. The Labute approximate surface area is 151 Å². The largest absolute Gasteiger partial charge is 0.385 e. The molecule has 0 atom stereocenters. The van der Waals surface area contributed by atoms with Gasteiger partial charge in [0.1, 0.15) is 5.82 Å². The van der Waals surface area contributed by atoms with Crippen LogP contribution in [-0.2, 0) is 11.3 Å². The van der Waals surface area contributed by atoms with Gasteiger partial charge >= 0.3 is 0 Å². The van der Waals surface area contributed by atoms with Gasteiger partial charge in [0.05, 0.1) is 11.4 Å². The van der Waals surface area contributed by atoms with E-state index in [0.717, 1.165) is 40.6 Å². The van der Waals surface area contributed by atoms with Gasteiger partial charge in [-0.25, -0.2) is 9.37 Å². The van der Waals surface area contributed by atoms with Crippen LogP contribution in [0.1, 0.15) is 6.42 Å². The molecule has 0 N–H and O–H groups in total. The van der Waals surface area contributed by atoms with Crippen molar-refractivity contribution in [1.29, 1.82) is 0 Å². The third-order valence-corrected chi connectivity index (χ3v) is 4.59. The van der Waals surface area contributed by atoms with Crippen molar-refractivity contribution in [2.24, 2.45) is 0 Å². The quantitative estimate of drug-likeness (QED) is 0.461. The average Bonchev–Trinajstić information content (AvgIpc) is 3.02. The predicted octanol–water partition coefficient (Wildman–Crippen LogP) is 4.51. The van der Waals surface area contributed by atoms with E-state index in [2.05, 4.69) is 9.55 Å². The van der Waals surface area contributed by atoms with Crippen molar-refractivity contribution >= 4 is 11.8 Å². The summed E-state index contributed by atoms with van der Waals surface area (Å²) >= 11 is 1.60. The molecular formula is C19H20FN3OS. The number of imidazole rings is 1. The molecule has 0 bridgehead atoms. The van der Waals surface area contributed by atoms with Crippen LogP contribution in [0, 0.1) is 5.82 Å². The molecule has 0 spiro atoms. The van der Waals surface area contributed by atoms with Crippen LogP contribution in [0.15, 0.2) is 53.9 Å². The Balaban J connectivity index is 2.15. The number of hydrogen-bond acceptors (Lipinski definition) is 4. The van der Waals surface area contributed by atoms with E-state index in [1.54, 1.807) is 43.4 Å². The maximum atomic E-state index is 13.3. The summed E-state index contributed by atoms with van der Waals surface area (Å²) in [7, 11) is 1.71. The van der Waals surface area contributed by atoms with Gasteiger partial charge in [-0.2, -0.15) is 0 Å². The monoisotopic (exact) mass is 357 g/mol. The first-order chi connectivity index (χ1) is 12.2. The van der Waals surface area contributed by atoms with Crippen LogP contribution in [0.2, 0.25) is 0 Å². The minimum absolute atomic E-state index is 0.251. The first-order valence-electron chi connectivity index (χ1n) is 8.04. The minimum atomic E-state index is -0.251. The Bertz CT molecular complexity index is 819. The van der Waals surface area contributed by atoms with Crippen molar-refractivity contribution in [2.75, 3.05) is 20.0 Å². The Morgan fingerprint density at radius 3 is 2.44 bits per heavy atom. The SMILES string of the molecule is COCCCn1c(SC)nc(-c2ccc(F)cc2)c1-c1ccncc1. The summed E-state index contributed by atoms with van der Waals surface area (Å²) in [5.41, 5.74) is 3.82. The number of halogens is 1. The van der Waals surface area contributed by atoms with Crippen LogP contribution in [0.5, 0.6) is 0 Å². The molecule has 2 heterocycles. The third-order valence-electron chi connectivity index (χ3n) is 3.92. The van der Waals surface area contributed by atoms with Crippen LogP contribution >= 0.6 is 11.8 Å². The van der Waals surface area contributed by atoms with Crippen LogP contribution < -0.4 is 0 Å².